The Morgan fingerprint density at radius 2 is 2.19 bits per heavy atom. The monoisotopic (exact) mass is 295 g/mol. The minimum Gasteiger partial charge on any atom is -0.490 e. The van der Waals surface area contributed by atoms with Crippen molar-refractivity contribution < 1.29 is 14.5 Å². The summed E-state index contributed by atoms with van der Waals surface area (Å²) in [6.45, 7) is 4.68. The lowest BCUT2D eigenvalue weighted by atomic mass is 10.1. The van der Waals surface area contributed by atoms with Crippen molar-refractivity contribution in [3.05, 3.63) is 33.9 Å². The molecule has 1 unspecified atom stereocenters. The van der Waals surface area contributed by atoms with E-state index < -0.39 is 4.92 Å². The highest BCUT2D eigenvalue weighted by molar-refractivity contribution is 5.81. The molecule has 0 aliphatic rings. The van der Waals surface area contributed by atoms with E-state index in [9.17, 15) is 14.9 Å². The standard InChI is InChI=1S/C14H21N3O4/c1-5-16(3)14(18)10(2)15-9-11-6-7-13(21-4)12(8-11)17(19)20/h6-8,10,15H,5,9H2,1-4H3. The maximum Gasteiger partial charge on any atom is 0.311 e. The summed E-state index contributed by atoms with van der Waals surface area (Å²) in [6.07, 6.45) is 0. The molecule has 0 radical (unpaired) electrons. The summed E-state index contributed by atoms with van der Waals surface area (Å²) in [5, 5.41) is 14.0. The molecule has 116 valence electrons. The second-order valence-electron chi connectivity index (χ2n) is 4.72. The third-order valence-electron chi connectivity index (χ3n) is 3.27. The van der Waals surface area contributed by atoms with Crippen LogP contribution in [0.15, 0.2) is 18.2 Å². The molecule has 1 rings (SSSR count). The number of carbonyl (C=O) groups excluding carboxylic acids is 1. The Balaban J connectivity index is 2.74. The minimum absolute atomic E-state index is 0.0134. The molecular formula is C14H21N3O4. The molecule has 7 heteroatoms. The van der Waals surface area contributed by atoms with Crippen molar-refractivity contribution in [3.8, 4) is 5.75 Å². The van der Waals surface area contributed by atoms with Gasteiger partial charge in [-0.1, -0.05) is 6.07 Å². The number of amides is 1. The van der Waals surface area contributed by atoms with Crippen LogP contribution in [0.3, 0.4) is 0 Å². The molecule has 0 bridgehead atoms. The highest BCUT2D eigenvalue weighted by Gasteiger charge is 2.18. The molecule has 0 aliphatic heterocycles. The van der Waals surface area contributed by atoms with Gasteiger partial charge in [0.15, 0.2) is 5.75 Å². The van der Waals surface area contributed by atoms with Gasteiger partial charge in [-0.2, -0.15) is 0 Å². The Hall–Kier alpha value is -2.15. The quantitative estimate of drug-likeness (QED) is 0.609. The molecule has 7 nitrogen and oxygen atoms in total. The third-order valence-corrected chi connectivity index (χ3v) is 3.27. The zero-order chi connectivity index (χ0) is 16.0. The van der Waals surface area contributed by atoms with Crippen LogP contribution in [0.5, 0.6) is 5.75 Å². The molecule has 0 fully saturated rings. The van der Waals surface area contributed by atoms with Gasteiger partial charge in [0.2, 0.25) is 5.91 Å². The van der Waals surface area contributed by atoms with Gasteiger partial charge in [0.05, 0.1) is 18.1 Å². The van der Waals surface area contributed by atoms with Crippen LogP contribution in [-0.4, -0.2) is 42.5 Å². The normalized spacial score (nSPS) is 11.8. The van der Waals surface area contributed by atoms with Gasteiger partial charge in [-0.15, -0.1) is 0 Å². The predicted molar refractivity (Wildman–Crippen MR) is 79.3 cm³/mol. The van der Waals surface area contributed by atoms with Crippen LogP contribution in [-0.2, 0) is 11.3 Å². The third kappa shape index (κ3) is 4.42. The number of carbonyl (C=O) groups is 1. The van der Waals surface area contributed by atoms with E-state index in [0.29, 0.717) is 13.1 Å². The van der Waals surface area contributed by atoms with Gasteiger partial charge < -0.3 is 15.0 Å². The lowest BCUT2D eigenvalue weighted by molar-refractivity contribution is -0.385. The Morgan fingerprint density at radius 1 is 1.52 bits per heavy atom. The summed E-state index contributed by atoms with van der Waals surface area (Å²) < 4.78 is 4.95. The smallest absolute Gasteiger partial charge is 0.311 e. The number of rotatable bonds is 7. The zero-order valence-corrected chi connectivity index (χ0v) is 12.8. The van der Waals surface area contributed by atoms with E-state index >= 15 is 0 Å². The van der Waals surface area contributed by atoms with E-state index in [4.69, 9.17) is 4.74 Å². The molecule has 0 aliphatic carbocycles. The number of likely N-dealkylation sites (N-methyl/N-ethyl adjacent to an activating group) is 1. The fourth-order valence-electron chi connectivity index (χ4n) is 1.83. The van der Waals surface area contributed by atoms with Gasteiger partial charge in [0.25, 0.3) is 0 Å². The largest absolute Gasteiger partial charge is 0.490 e. The topological polar surface area (TPSA) is 84.7 Å². The van der Waals surface area contributed by atoms with E-state index in [0.717, 1.165) is 5.56 Å². The summed E-state index contributed by atoms with van der Waals surface area (Å²) in [7, 11) is 3.13. The lowest BCUT2D eigenvalue weighted by Crippen LogP contribution is -2.42. The summed E-state index contributed by atoms with van der Waals surface area (Å²) in [5.41, 5.74) is 0.641. The first-order chi connectivity index (χ1) is 9.90. The summed E-state index contributed by atoms with van der Waals surface area (Å²) in [6, 6.07) is 4.39. The van der Waals surface area contributed by atoms with Crippen molar-refractivity contribution in [2.75, 3.05) is 20.7 Å². The SMILES string of the molecule is CCN(C)C(=O)C(C)NCc1ccc(OC)c([N+](=O)[O-])c1. The number of benzene rings is 1. The first kappa shape index (κ1) is 16.9. The zero-order valence-electron chi connectivity index (χ0n) is 12.8. The van der Waals surface area contributed by atoms with Crippen molar-refractivity contribution in [2.24, 2.45) is 0 Å². The highest BCUT2D eigenvalue weighted by Crippen LogP contribution is 2.27. The van der Waals surface area contributed by atoms with Crippen LogP contribution in [0.4, 0.5) is 5.69 Å². The number of hydrogen-bond acceptors (Lipinski definition) is 5. The number of ether oxygens (including phenoxy) is 1. The molecule has 21 heavy (non-hydrogen) atoms. The average Bonchev–Trinajstić information content (AvgIpc) is 2.50. The van der Waals surface area contributed by atoms with Crippen LogP contribution in [0.2, 0.25) is 0 Å². The van der Waals surface area contributed by atoms with Gasteiger partial charge in [-0.05, 0) is 25.5 Å². The van der Waals surface area contributed by atoms with Crippen molar-refractivity contribution in [3.63, 3.8) is 0 Å². The van der Waals surface area contributed by atoms with Crippen LogP contribution in [0, 0.1) is 10.1 Å². The number of nitrogens with zero attached hydrogens (tertiary/aromatic N) is 2. The Kier molecular flexibility index (Phi) is 6.10. The molecule has 0 saturated heterocycles. The predicted octanol–water partition coefficient (Wildman–Crippen LogP) is 1.56. The Labute approximate surface area is 124 Å². The lowest BCUT2D eigenvalue weighted by Gasteiger charge is -2.20. The van der Waals surface area contributed by atoms with Crippen molar-refractivity contribution in [1.29, 1.82) is 0 Å². The first-order valence-electron chi connectivity index (χ1n) is 6.70. The molecule has 0 saturated carbocycles. The van der Waals surface area contributed by atoms with Crippen LogP contribution < -0.4 is 10.1 Å². The van der Waals surface area contributed by atoms with E-state index in [1.165, 1.54) is 13.2 Å². The van der Waals surface area contributed by atoms with Gasteiger partial charge in [0.1, 0.15) is 0 Å². The fraction of sp³-hybridized carbons (Fsp3) is 0.500. The van der Waals surface area contributed by atoms with E-state index in [1.54, 1.807) is 31.0 Å². The molecule has 1 aromatic rings. The molecule has 0 aromatic heterocycles. The maximum atomic E-state index is 11.9. The van der Waals surface area contributed by atoms with E-state index in [1.807, 2.05) is 6.92 Å². The highest BCUT2D eigenvalue weighted by atomic mass is 16.6. The molecule has 0 heterocycles. The van der Waals surface area contributed by atoms with Crippen LogP contribution in [0.25, 0.3) is 0 Å². The Bertz CT molecular complexity index is 519. The molecule has 0 spiro atoms. The summed E-state index contributed by atoms with van der Waals surface area (Å²) in [5.74, 6) is 0.208. The number of nitro groups is 1. The second kappa shape index (κ2) is 7.58. The number of nitro benzene ring substituents is 1. The molecule has 1 atom stereocenters. The van der Waals surface area contributed by atoms with E-state index in [-0.39, 0.29) is 23.4 Å². The van der Waals surface area contributed by atoms with E-state index in [2.05, 4.69) is 5.32 Å². The average molecular weight is 295 g/mol. The molecule has 1 amide bonds. The minimum atomic E-state index is -0.484. The number of methoxy groups -OCH3 is 1. The molecule has 1 N–H and O–H groups in total. The molecular weight excluding hydrogens is 274 g/mol. The Morgan fingerprint density at radius 3 is 2.71 bits per heavy atom. The summed E-state index contributed by atoms with van der Waals surface area (Å²) >= 11 is 0. The maximum absolute atomic E-state index is 11.9. The fourth-order valence-corrected chi connectivity index (χ4v) is 1.83. The van der Waals surface area contributed by atoms with Crippen molar-refractivity contribution >= 4 is 11.6 Å². The van der Waals surface area contributed by atoms with Gasteiger partial charge in [-0.25, -0.2) is 0 Å². The second-order valence-corrected chi connectivity index (χ2v) is 4.72. The summed E-state index contributed by atoms with van der Waals surface area (Å²) in [4.78, 5) is 24.0. The molecule has 1 aromatic carbocycles. The number of nitrogens with one attached hydrogen (secondary N) is 1. The van der Waals surface area contributed by atoms with Crippen molar-refractivity contribution in [2.45, 2.75) is 26.4 Å². The van der Waals surface area contributed by atoms with Gasteiger partial charge in [0, 0.05) is 26.2 Å². The van der Waals surface area contributed by atoms with Gasteiger partial charge >= 0.3 is 5.69 Å². The first-order valence-corrected chi connectivity index (χ1v) is 6.70. The number of hydrogen-bond donors (Lipinski definition) is 1. The van der Waals surface area contributed by atoms with Crippen LogP contribution in [0.1, 0.15) is 19.4 Å². The van der Waals surface area contributed by atoms with Gasteiger partial charge in [-0.3, -0.25) is 14.9 Å². The van der Waals surface area contributed by atoms with Crippen molar-refractivity contribution in [1.82, 2.24) is 10.2 Å². The van der Waals surface area contributed by atoms with Crippen LogP contribution >= 0.6 is 0 Å².